The van der Waals surface area contributed by atoms with Crippen LogP contribution in [-0.4, -0.2) is 119 Å². The van der Waals surface area contributed by atoms with Gasteiger partial charge in [-0.05, 0) is 18.2 Å². The summed E-state index contributed by atoms with van der Waals surface area (Å²) in [4.78, 5) is 24.0. The third kappa shape index (κ3) is 8.41. The van der Waals surface area contributed by atoms with Crippen LogP contribution in [0.5, 0.6) is 11.5 Å². The molecule has 2 fully saturated rings. The molecule has 2 aliphatic heterocycles. The van der Waals surface area contributed by atoms with Crippen LogP contribution in [0.3, 0.4) is 0 Å². The van der Waals surface area contributed by atoms with Gasteiger partial charge in [-0.3, -0.25) is 19.5 Å². The Labute approximate surface area is 218 Å². The van der Waals surface area contributed by atoms with E-state index in [1.807, 2.05) is 18.2 Å². The lowest BCUT2D eigenvalue weighted by Gasteiger charge is -2.30. The molecular formula is C26H39N5O6. The zero-order valence-electron chi connectivity index (χ0n) is 21.9. The highest BCUT2D eigenvalue weighted by Gasteiger charge is 2.19. The molecule has 0 aliphatic carbocycles. The van der Waals surface area contributed by atoms with E-state index in [2.05, 4.69) is 25.0 Å². The van der Waals surface area contributed by atoms with Gasteiger partial charge in [-0.25, -0.2) is 4.98 Å². The molecule has 0 bridgehead atoms. The number of benzene rings is 1. The monoisotopic (exact) mass is 517 g/mol. The van der Waals surface area contributed by atoms with Gasteiger partial charge in [-0.1, -0.05) is 0 Å². The van der Waals surface area contributed by atoms with Crippen molar-refractivity contribution in [3.05, 3.63) is 41.6 Å². The number of nitrogens with zero attached hydrogens (tertiary/aromatic N) is 4. The summed E-state index contributed by atoms with van der Waals surface area (Å²) in [5, 5.41) is 2.94. The summed E-state index contributed by atoms with van der Waals surface area (Å²) in [6.07, 6.45) is 1.44. The van der Waals surface area contributed by atoms with Crippen LogP contribution < -0.4 is 14.8 Å². The average Bonchev–Trinajstić information content (AvgIpc) is 3.41. The van der Waals surface area contributed by atoms with Crippen LogP contribution in [0.4, 0.5) is 0 Å². The summed E-state index contributed by atoms with van der Waals surface area (Å²) in [6, 6.07) is 5.79. The van der Waals surface area contributed by atoms with Crippen LogP contribution in [0.15, 0.2) is 28.9 Å². The molecule has 0 unspecified atom stereocenters. The second kappa shape index (κ2) is 14.3. The van der Waals surface area contributed by atoms with Crippen LogP contribution >= 0.6 is 0 Å². The van der Waals surface area contributed by atoms with Crippen LogP contribution in [0.2, 0.25) is 0 Å². The SMILES string of the molecule is COc1ccc(OC)c(CN(CCN2CCOCC2)Cc2nc(C(=O)NCCN3CCOCC3)co2)c1. The predicted molar refractivity (Wildman–Crippen MR) is 137 cm³/mol. The Morgan fingerprint density at radius 3 is 2.38 bits per heavy atom. The fourth-order valence-corrected chi connectivity index (χ4v) is 4.49. The fourth-order valence-electron chi connectivity index (χ4n) is 4.49. The molecule has 0 saturated carbocycles. The highest BCUT2D eigenvalue weighted by atomic mass is 16.5. The highest BCUT2D eigenvalue weighted by molar-refractivity contribution is 5.91. The van der Waals surface area contributed by atoms with Crippen molar-refractivity contribution in [3.63, 3.8) is 0 Å². The molecule has 2 saturated heterocycles. The van der Waals surface area contributed by atoms with Crippen molar-refractivity contribution in [2.24, 2.45) is 0 Å². The smallest absolute Gasteiger partial charge is 0.273 e. The van der Waals surface area contributed by atoms with Gasteiger partial charge in [0.05, 0.1) is 47.2 Å². The number of oxazole rings is 1. The second-order valence-electron chi connectivity index (χ2n) is 9.18. The number of morpholine rings is 2. The Hall–Kier alpha value is -2.70. The molecule has 3 heterocycles. The van der Waals surface area contributed by atoms with Gasteiger partial charge in [-0.15, -0.1) is 0 Å². The second-order valence-corrected chi connectivity index (χ2v) is 9.18. The number of carbonyl (C=O) groups excluding carboxylic acids is 1. The highest BCUT2D eigenvalue weighted by Crippen LogP contribution is 2.26. The largest absolute Gasteiger partial charge is 0.497 e. The zero-order valence-corrected chi connectivity index (χ0v) is 21.9. The molecule has 37 heavy (non-hydrogen) atoms. The number of aromatic nitrogens is 1. The van der Waals surface area contributed by atoms with E-state index in [1.54, 1.807) is 14.2 Å². The molecule has 2 aromatic rings. The Balaban J connectivity index is 1.37. The predicted octanol–water partition coefficient (Wildman–Crippen LogP) is 1.09. The summed E-state index contributed by atoms with van der Waals surface area (Å²) in [5.41, 5.74) is 1.31. The molecule has 1 aromatic carbocycles. The minimum Gasteiger partial charge on any atom is -0.497 e. The molecule has 0 radical (unpaired) electrons. The summed E-state index contributed by atoms with van der Waals surface area (Å²) in [7, 11) is 3.32. The summed E-state index contributed by atoms with van der Waals surface area (Å²) >= 11 is 0. The Kier molecular flexibility index (Phi) is 10.6. The molecular weight excluding hydrogens is 478 g/mol. The minimum absolute atomic E-state index is 0.224. The topological polar surface area (TPSA) is 102 Å². The number of carbonyl (C=O) groups is 1. The van der Waals surface area contributed by atoms with Crippen molar-refractivity contribution >= 4 is 5.91 Å². The van der Waals surface area contributed by atoms with Crippen molar-refractivity contribution in [2.75, 3.05) is 93.0 Å². The average molecular weight is 518 g/mol. The quantitative estimate of drug-likeness (QED) is 0.415. The van der Waals surface area contributed by atoms with E-state index in [0.717, 1.165) is 89.3 Å². The van der Waals surface area contributed by atoms with Crippen molar-refractivity contribution in [1.82, 2.24) is 25.0 Å². The van der Waals surface area contributed by atoms with Gasteiger partial charge in [0.1, 0.15) is 17.8 Å². The first kappa shape index (κ1) is 27.3. The van der Waals surface area contributed by atoms with Gasteiger partial charge in [0.15, 0.2) is 5.69 Å². The first-order valence-electron chi connectivity index (χ1n) is 12.9. The molecule has 4 rings (SSSR count). The molecule has 2 aliphatic rings. The van der Waals surface area contributed by atoms with Crippen LogP contribution in [0, 0.1) is 0 Å². The first-order chi connectivity index (χ1) is 18.1. The molecule has 0 spiro atoms. The van der Waals surface area contributed by atoms with Gasteiger partial charge < -0.3 is 28.7 Å². The standard InChI is InChI=1S/C26H39N5O6/c1-33-22-3-4-24(34-2)21(17-22)18-31(8-7-30-11-15-36-16-12-30)19-25-28-23(20-37-25)26(32)27-5-6-29-9-13-35-14-10-29/h3-4,17,20H,5-16,18-19H2,1-2H3,(H,27,32). The van der Waals surface area contributed by atoms with Crippen molar-refractivity contribution in [2.45, 2.75) is 13.1 Å². The number of rotatable bonds is 13. The number of ether oxygens (including phenoxy) is 4. The first-order valence-corrected chi connectivity index (χ1v) is 12.9. The van der Waals surface area contributed by atoms with Crippen molar-refractivity contribution < 1.29 is 28.2 Å². The van der Waals surface area contributed by atoms with E-state index in [4.69, 9.17) is 23.4 Å². The summed E-state index contributed by atoms with van der Waals surface area (Å²) < 4.78 is 27.6. The molecule has 11 nitrogen and oxygen atoms in total. The maximum Gasteiger partial charge on any atom is 0.273 e. The number of nitrogens with one attached hydrogen (secondary N) is 1. The fraction of sp³-hybridized carbons (Fsp3) is 0.615. The minimum atomic E-state index is -0.224. The van der Waals surface area contributed by atoms with Gasteiger partial charge in [0.2, 0.25) is 5.89 Å². The Morgan fingerprint density at radius 1 is 1.00 bits per heavy atom. The van der Waals surface area contributed by atoms with E-state index >= 15 is 0 Å². The molecule has 204 valence electrons. The summed E-state index contributed by atoms with van der Waals surface area (Å²) in [5.74, 6) is 1.85. The van der Waals surface area contributed by atoms with Crippen molar-refractivity contribution in [3.8, 4) is 11.5 Å². The number of hydrogen-bond donors (Lipinski definition) is 1. The third-order valence-electron chi connectivity index (χ3n) is 6.68. The van der Waals surface area contributed by atoms with Crippen LogP contribution in [0.25, 0.3) is 0 Å². The van der Waals surface area contributed by atoms with E-state index in [0.29, 0.717) is 31.2 Å². The number of methoxy groups -OCH3 is 2. The lowest BCUT2D eigenvalue weighted by atomic mass is 10.1. The molecule has 1 amide bonds. The molecule has 1 aromatic heterocycles. The number of hydrogen-bond acceptors (Lipinski definition) is 10. The maximum absolute atomic E-state index is 12.6. The third-order valence-corrected chi connectivity index (χ3v) is 6.68. The lowest BCUT2D eigenvalue weighted by molar-refractivity contribution is 0.0320. The van der Waals surface area contributed by atoms with Crippen molar-refractivity contribution in [1.29, 1.82) is 0 Å². The summed E-state index contributed by atoms with van der Waals surface area (Å²) in [6.45, 7) is 10.7. The van der Waals surface area contributed by atoms with Crippen LogP contribution in [0.1, 0.15) is 21.9 Å². The Morgan fingerprint density at radius 2 is 1.70 bits per heavy atom. The Bertz CT molecular complexity index is 974. The zero-order chi connectivity index (χ0) is 25.9. The van der Waals surface area contributed by atoms with Gasteiger partial charge >= 0.3 is 0 Å². The molecule has 1 N–H and O–H groups in total. The van der Waals surface area contributed by atoms with E-state index in [-0.39, 0.29) is 5.91 Å². The lowest BCUT2D eigenvalue weighted by Crippen LogP contribution is -2.41. The normalized spacial score (nSPS) is 17.2. The van der Waals surface area contributed by atoms with Gasteiger partial charge in [-0.2, -0.15) is 0 Å². The van der Waals surface area contributed by atoms with E-state index in [1.165, 1.54) is 6.26 Å². The van der Waals surface area contributed by atoms with Gasteiger partial charge in [0, 0.05) is 64.5 Å². The van der Waals surface area contributed by atoms with Gasteiger partial charge in [0.25, 0.3) is 5.91 Å². The molecule has 11 heteroatoms. The number of amides is 1. The molecule has 0 atom stereocenters. The van der Waals surface area contributed by atoms with E-state index in [9.17, 15) is 4.79 Å². The van der Waals surface area contributed by atoms with Crippen LogP contribution in [-0.2, 0) is 22.6 Å². The maximum atomic E-state index is 12.6. The van der Waals surface area contributed by atoms with E-state index < -0.39 is 0 Å².